The van der Waals surface area contributed by atoms with Crippen molar-refractivity contribution in [3.05, 3.63) is 60.8 Å². The third-order valence-corrected chi connectivity index (χ3v) is 9.62. The Morgan fingerprint density at radius 2 is 1.74 bits per heavy atom. The Labute approximate surface area is 243 Å². The van der Waals surface area contributed by atoms with Crippen LogP contribution in [0.15, 0.2) is 55.2 Å². The van der Waals surface area contributed by atoms with E-state index in [2.05, 4.69) is 35.7 Å². The molecule has 2 saturated carbocycles. The molecule has 4 aromatic rings. The van der Waals surface area contributed by atoms with E-state index in [1.165, 1.54) is 32.4 Å². The van der Waals surface area contributed by atoms with E-state index in [0.29, 0.717) is 72.8 Å². The molecule has 2 N–H and O–H groups in total. The van der Waals surface area contributed by atoms with Crippen LogP contribution < -0.4 is 10.6 Å². The topological polar surface area (TPSA) is 128 Å². The van der Waals surface area contributed by atoms with E-state index in [0.717, 1.165) is 15.3 Å². The predicted molar refractivity (Wildman–Crippen MR) is 156 cm³/mol. The second kappa shape index (κ2) is 11.0. The molecule has 220 valence electrons. The maximum atomic E-state index is 14.4. The number of nitrogens with one attached hydrogen (secondary N) is 2. The van der Waals surface area contributed by atoms with Crippen LogP contribution in [0.1, 0.15) is 57.9 Å². The predicted octanol–water partition coefficient (Wildman–Crippen LogP) is 5.78. The van der Waals surface area contributed by atoms with Crippen LogP contribution in [-0.4, -0.2) is 55.0 Å². The van der Waals surface area contributed by atoms with E-state index in [1.807, 2.05) is 6.07 Å². The molecule has 42 heavy (non-hydrogen) atoms. The smallest absolute Gasteiger partial charge is 0.256 e. The van der Waals surface area contributed by atoms with E-state index < -0.39 is 21.9 Å². The molecule has 4 heterocycles. The van der Waals surface area contributed by atoms with Crippen molar-refractivity contribution >= 4 is 27.3 Å². The lowest BCUT2D eigenvalue weighted by Crippen LogP contribution is -2.27. The molecule has 0 unspecified atom stereocenters. The maximum Gasteiger partial charge on any atom is 0.256 e. The number of aromatic nitrogens is 6. The number of halogens is 2. The van der Waals surface area contributed by atoms with Gasteiger partial charge in [0, 0.05) is 47.5 Å². The summed E-state index contributed by atoms with van der Waals surface area (Å²) >= 11 is 0. The van der Waals surface area contributed by atoms with E-state index >= 15 is 0 Å². The Hall–Kier alpha value is -4.00. The summed E-state index contributed by atoms with van der Waals surface area (Å²) in [5.74, 6) is 1.27. The van der Waals surface area contributed by atoms with Crippen molar-refractivity contribution < 1.29 is 17.2 Å². The van der Waals surface area contributed by atoms with Crippen LogP contribution in [-0.2, 0) is 15.7 Å². The Balaban J connectivity index is 1.27. The summed E-state index contributed by atoms with van der Waals surface area (Å²) in [6.07, 6.45) is 10.6. The first-order chi connectivity index (χ1) is 20.1. The van der Waals surface area contributed by atoms with E-state index in [-0.39, 0.29) is 11.3 Å². The molecule has 0 aromatic carbocycles. The molecule has 0 saturated heterocycles. The normalized spacial score (nSPS) is 19.4. The van der Waals surface area contributed by atoms with Crippen LogP contribution in [0.3, 0.4) is 0 Å². The van der Waals surface area contributed by atoms with Gasteiger partial charge >= 0.3 is 0 Å². The number of alkyl halides is 2. The van der Waals surface area contributed by atoms with Crippen LogP contribution >= 0.6 is 0 Å². The number of anilines is 3. The van der Waals surface area contributed by atoms with Crippen LogP contribution in [0, 0.1) is 0 Å². The molecule has 0 atom stereocenters. The number of pyridine rings is 2. The molecule has 2 fully saturated rings. The molecule has 0 amide bonds. The van der Waals surface area contributed by atoms with E-state index in [9.17, 15) is 17.2 Å². The van der Waals surface area contributed by atoms with Crippen molar-refractivity contribution in [2.24, 2.45) is 0 Å². The van der Waals surface area contributed by atoms with Gasteiger partial charge in [-0.05, 0) is 64.5 Å². The molecule has 6 rings (SSSR count). The molecule has 4 aromatic heterocycles. The van der Waals surface area contributed by atoms with Gasteiger partial charge in [-0.15, -0.1) is 0 Å². The second-order valence-electron chi connectivity index (χ2n) is 11.3. The van der Waals surface area contributed by atoms with Crippen molar-refractivity contribution in [1.82, 2.24) is 29.1 Å². The fraction of sp³-hybridized carbons (Fsp3) is 0.414. The summed E-state index contributed by atoms with van der Waals surface area (Å²) in [7, 11) is -3.50. The lowest BCUT2D eigenvalue weighted by molar-refractivity contribution is 0.221. The number of hydrogen-bond donors (Lipinski definition) is 2. The zero-order valence-corrected chi connectivity index (χ0v) is 24.2. The lowest BCUT2D eigenvalue weighted by Gasteiger charge is -2.27. The fourth-order valence-electron chi connectivity index (χ4n) is 4.95. The SMILES string of the molecule is CC(C)(F)c1ccc(-c2cnc(Nc3ccnc(-c4cnn(S(=O)(=O)C5CC5)c4)n3)cc2NC2CCC(F)CC2)nc1. The van der Waals surface area contributed by atoms with Gasteiger partial charge < -0.3 is 10.6 Å². The zero-order valence-electron chi connectivity index (χ0n) is 23.3. The Morgan fingerprint density at radius 1 is 0.952 bits per heavy atom. The van der Waals surface area contributed by atoms with Gasteiger partial charge in [0.25, 0.3) is 10.0 Å². The Bertz CT molecular complexity index is 1680. The number of hydrogen-bond acceptors (Lipinski definition) is 9. The van der Waals surface area contributed by atoms with E-state index in [4.69, 9.17) is 0 Å². The highest BCUT2D eigenvalue weighted by atomic mass is 32.2. The third kappa shape index (κ3) is 6.10. The summed E-state index contributed by atoms with van der Waals surface area (Å²) in [4.78, 5) is 17.9. The van der Waals surface area contributed by atoms with Crippen LogP contribution in [0.25, 0.3) is 22.6 Å². The molecule has 0 spiro atoms. The highest BCUT2D eigenvalue weighted by Crippen LogP contribution is 2.34. The highest BCUT2D eigenvalue weighted by Gasteiger charge is 2.37. The van der Waals surface area contributed by atoms with Gasteiger partial charge in [0.15, 0.2) is 5.82 Å². The fourth-order valence-corrected chi connectivity index (χ4v) is 6.42. The van der Waals surface area contributed by atoms with Gasteiger partial charge in [0.2, 0.25) is 0 Å². The van der Waals surface area contributed by atoms with Crippen LogP contribution in [0.4, 0.5) is 26.1 Å². The summed E-state index contributed by atoms with van der Waals surface area (Å²) in [5.41, 5.74) is 1.57. The molecule has 13 heteroatoms. The number of nitrogens with zero attached hydrogens (tertiary/aromatic N) is 6. The Morgan fingerprint density at radius 3 is 2.43 bits per heavy atom. The van der Waals surface area contributed by atoms with Gasteiger partial charge in [-0.1, -0.05) is 6.07 Å². The average molecular weight is 595 g/mol. The molecule has 0 aliphatic heterocycles. The van der Waals surface area contributed by atoms with Gasteiger partial charge in [-0.25, -0.2) is 32.2 Å². The minimum absolute atomic E-state index is 0.0872. The molecule has 10 nitrogen and oxygen atoms in total. The minimum atomic E-state index is -3.50. The first-order valence-corrected chi connectivity index (χ1v) is 15.5. The summed E-state index contributed by atoms with van der Waals surface area (Å²) < 4.78 is 54.2. The summed E-state index contributed by atoms with van der Waals surface area (Å²) in [6, 6.07) is 7.09. The quantitative estimate of drug-likeness (QED) is 0.248. The average Bonchev–Trinajstić information content (AvgIpc) is 3.71. The molecular formula is C29H32F2N8O2S. The lowest BCUT2D eigenvalue weighted by atomic mass is 9.93. The standard InChI is InChI=1S/C29H32F2N8O2S/c1-29(2,31)19-3-10-24(33-15-19)23-16-34-27(13-25(23)36-21-6-4-20(30)5-7-21)37-26-11-12-32-28(38-26)18-14-35-39(17-18)42(40,41)22-8-9-22/h3,10-17,20-22H,4-9H2,1-2H3,(H2,32,34,36,37,38). The minimum Gasteiger partial charge on any atom is -0.382 e. The summed E-state index contributed by atoms with van der Waals surface area (Å²) in [5, 5.41) is 10.4. The van der Waals surface area contributed by atoms with Gasteiger partial charge in [-0.2, -0.15) is 9.19 Å². The van der Waals surface area contributed by atoms with Crippen LogP contribution in [0.2, 0.25) is 0 Å². The van der Waals surface area contributed by atoms with Crippen molar-refractivity contribution in [3.8, 4) is 22.6 Å². The first kappa shape index (κ1) is 28.1. The van der Waals surface area contributed by atoms with Crippen molar-refractivity contribution in [2.75, 3.05) is 10.6 Å². The first-order valence-electron chi connectivity index (χ1n) is 14.0. The van der Waals surface area contributed by atoms with Crippen LogP contribution in [0.5, 0.6) is 0 Å². The molecule has 2 aliphatic rings. The van der Waals surface area contributed by atoms with Crippen molar-refractivity contribution in [2.45, 2.75) is 75.5 Å². The largest absolute Gasteiger partial charge is 0.382 e. The van der Waals surface area contributed by atoms with Crippen molar-refractivity contribution in [3.63, 3.8) is 0 Å². The second-order valence-corrected chi connectivity index (χ2v) is 13.4. The summed E-state index contributed by atoms with van der Waals surface area (Å²) in [6.45, 7) is 2.97. The Kier molecular flexibility index (Phi) is 7.37. The van der Waals surface area contributed by atoms with Crippen molar-refractivity contribution in [1.29, 1.82) is 0 Å². The highest BCUT2D eigenvalue weighted by molar-refractivity contribution is 7.90. The molecule has 2 aliphatic carbocycles. The van der Waals surface area contributed by atoms with Gasteiger partial charge in [0.1, 0.15) is 23.5 Å². The van der Waals surface area contributed by atoms with Gasteiger partial charge in [0.05, 0.1) is 28.9 Å². The molecule has 0 radical (unpaired) electrons. The zero-order chi connectivity index (χ0) is 29.5. The number of rotatable bonds is 9. The maximum absolute atomic E-state index is 14.4. The molecular weight excluding hydrogens is 562 g/mol. The molecule has 0 bridgehead atoms. The van der Waals surface area contributed by atoms with E-state index in [1.54, 1.807) is 30.6 Å². The monoisotopic (exact) mass is 594 g/mol. The third-order valence-electron chi connectivity index (χ3n) is 7.58. The van der Waals surface area contributed by atoms with Gasteiger partial charge in [-0.3, -0.25) is 4.98 Å².